The summed E-state index contributed by atoms with van der Waals surface area (Å²) in [6.45, 7) is 0. The van der Waals surface area contributed by atoms with E-state index in [2.05, 4.69) is 21.5 Å². The van der Waals surface area contributed by atoms with Crippen LogP contribution in [-0.4, -0.2) is 27.5 Å². The number of ketones is 1. The van der Waals surface area contributed by atoms with E-state index in [-0.39, 0.29) is 18.0 Å². The van der Waals surface area contributed by atoms with E-state index in [0.717, 1.165) is 22.3 Å². The zero-order valence-electron chi connectivity index (χ0n) is 20.0. The molecule has 0 bridgehead atoms. The zero-order valence-corrected chi connectivity index (χ0v) is 20.0. The number of halogens is 1. The molecule has 8 heteroatoms. The van der Waals surface area contributed by atoms with E-state index >= 15 is 0 Å². The number of hydrogen-bond acceptors (Lipinski definition) is 6. The molecule has 7 nitrogen and oxygen atoms in total. The molecule has 37 heavy (non-hydrogen) atoms. The average molecular weight is 492 g/mol. The van der Waals surface area contributed by atoms with Gasteiger partial charge in [0.25, 0.3) is 0 Å². The summed E-state index contributed by atoms with van der Waals surface area (Å²) in [6.07, 6.45) is 2.47. The molecule has 1 N–H and O–H groups in total. The third kappa shape index (κ3) is 5.46. The number of anilines is 2. The normalized spacial score (nSPS) is 10.7. The van der Waals surface area contributed by atoms with Crippen molar-refractivity contribution in [3.63, 3.8) is 0 Å². The Bertz CT molecular complexity index is 1620. The Morgan fingerprint density at radius 2 is 1.65 bits per heavy atom. The van der Waals surface area contributed by atoms with Crippen LogP contribution >= 0.6 is 0 Å². The van der Waals surface area contributed by atoms with Crippen LogP contribution < -0.4 is 10.1 Å². The van der Waals surface area contributed by atoms with Crippen molar-refractivity contribution in [2.75, 3.05) is 12.4 Å². The van der Waals surface area contributed by atoms with E-state index in [9.17, 15) is 9.18 Å². The molecule has 0 aliphatic carbocycles. The first-order valence-electron chi connectivity index (χ1n) is 11.6. The number of Topliss-reactive ketones (excluding diaryl/α,β-unsaturated/α-hetero) is 1. The largest absolute Gasteiger partial charge is 0.495 e. The summed E-state index contributed by atoms with van der Waals surface area (Å²) in [5.41, 5.74) is 5.47. The monoisotopic (exact) mass is 491 g/mol. The van der Waals surface area contributed by atoms with Gasteiger partial charge in [-0.25, -0.2) is 8.91 Å². The van der Waals surface area contributed by atoms with E-state index in [4.69, 9.17) is 10.00 Å². The zero-order chi connectivity index (χ0) is 25.8. The van der Waals surface area contributed by atoms with E-state index < -0.39 is 0 Å². The molecule has 182 valence electrons. The van der Waals surface area contributed by atoms with Gasteiger partial charge in [0.1, 0.15) is 17.3 Å². The van der Waals surface area contributed by atoms with Crippen LogP contribution in [0.2, 0.25) is 0 Å². The minimum absolute atomic E-state index is 0.0716. The van der Waals surface area contributed by atoms with Crippen LogP contribution in [0.1, 0.15) is 16.7 Å². The number of rotatable bonds is 8. The number of nitrogens with zero attached hydrogens (tertiary/aromatic N) is 4. The summed E-state index contributed by atoms with van der Waals surface area (Å²) in [6, 6.07) is 24.9. The van der Waals surface area contributed by atoms with Crippen molar-refractivity contribution in [2.45, 2.75) is 12.8 Å². The highest BCUT2D eigenvalue weighted by Gasteiger charge is 2.11. The quantitative estimate of drug-likeness (QED) is 0.308. The van der Waals surface area contributed by atoms with Gasteiger partial charge < -0.3 is 10.1 Å². The van der Waals surface area contributed by atoms with Gasteiger partial charge in [-0.05, 0) is 53.1 Å². The molecule has 0 aliphatic heterocycles. The highest BCUT2D eigenvalue weighted by Crippen LogP contribution is 2.28. The topological polar surface area (TPSA) is 92.3 Å². The van der Waals surface area contributed by atoms with E-state index in [1.54, 1.807) is 34.8 Å². The van der Waals surface area contributed by atoms with E-state index in [1.807, 2.05) is 42.6 Å². The molecular weight excluding hydrogens is 469 g/mol. The highest BCUT2D eigenvalue weighted by atomic mass is 19.1. The van der Waals surface area contributed by atoms with Gasteiger partial charge in [0.2, 0.25) is 5.95 Å². The first-order valence-corrected chi connectivity index (χ1v) is 11.6. The predicted octanol–water partition coefficient (Wildman–Crippen LogP) is 5.51. The van der Waals surface area contributed by atoms with Gasteiger partial charge in [-0.15, -0.1) is 5.10 Å². The summed E-state index contributed by atoms with van der Waals surface area (Å²) < 4.78 is 20.1. The SMILES string of the molecule is COc1cc(C#N)ccc1Nc1nc2ccc(-c3ccc(CC(=O)Cc4ccc(F)cc4)cc3)cn2n1. The fourth-order valence-corrected chi connectivity index (χ4v) is 4.03. The minimum atomic E-state index is -0.310. The molecule has 0 radical (unpaired) electrons. The Kier molecular flexibility index (Phi) is 6.60. The first kappa shape index (κ1) is 23.7. The third-order valence-corrected chi connectivity index (χ3v) is 5.91. The molecule has 3 aromatic carbocycles. The van der Waals surface area contributed by atoms with E-state index in [0.29, 0.717) is 35.0 Å². The lowest BCUT2D eigenvalue weighted by molar-refractivity contribution is -0.117. The number of nitriles is 1. The third-order valence-electron chi connectivity index (χ3n) is 5.91. The lowest BCUT2D eigenvalue weighted by Crippen LogP contribution is -2.06. The first-order chi connectivity index (χ1) is 18.0. The van der Waals surface area contributed by atoms with Crippen LogP contribution in [0.5, 0.6) is 5.75 Å². The van der Waals surface area contributed by atoms with Crippen LogP contribution in [0, 0.1) is 17.1 Å². The molecule has 2 aromatic heterocycles. The Balaban J connectivity index is 1.28. The average Bonchev–Trinajstić information content (AvgIpc) is 3.32. The molecule has 0 saturated carbocycles. The number of benzene rings is 3. The Labute approximate surface area is 212 Å². The molecule has 2 heterocycles. The number of aromatic nitrogens is 3. The lowest BCUT2D eigenvalue weighted by Gasteiger charge is -2.08. The van der Waals surface area contributed by atoms with Crippen molar-refractivity contribution in [3.8, 4) is 22.9 Å². The van der Waals surface area contributed by atoms with Crippen LogP contribution in [0.4, 0.5) is 16.0 Å². The summed E-state index contributed by atoms with van der Waals surface area (Å²) in [5, 5.41) is 16.8. The Morgan fingerprint density at radius 3 is 2.32 bits per heavy atom. The summed E-state index contributed by atoms with van der Waals surface area (Å²) in [5.74, 6) is 0.683. The van der Waals surface area contributed by atoms with Crippen molar-refractivity contribution in [1.82, 2.24) is 14.6 Å². The van der Waals surface area contributed by atoms with Crippen LogP contribution in [0.3, 0.4) is 0 Å². The summed E-state index contributed by atoms with van der Waals surface area (Å²) in [4.78, 5) is 16.9. The molecule has 0 aliphatic rings. The number of carbonyl (C=O) groups is 1. The number of fused-ring (bicyclic) bond motifs is 1. The van der Waals surface area contributed by atoms with Crippen molar-refractivity contribution >= 4 is 23.1 Å². The molecular formula is C29H22FN5O2. The molecule has 0 spiro atoms. The second kappa shape index (κ2) is 10.3. The lowest BCUT2D eigenvalue weighted by atomic mass is 10.0. The number of methoxy groups -OCH3 is 1. The predicted molar refractivity (Wildman–Crippen MR) is 138 cm³/mol. The van der Waals surface area contributed by atoms with Crippen molar-refractivity contribution < 1.29 is 13.9 Å². The molecule has 5 aromatic rings. The smallest absolute Gasteiger partial charge is 0.247 e. The molecule has 0 saturated heterocycles. The standard InChI is InChI=1S/C29H22FN5O2/c1-37-27-16-21(17-31)6-12-26(27)32-29-33-28-13-9-23(18-35(28)34-29)22-7-2-19(3-8-22)14-25(36)15-20-4-10-24(30)11-5-20/h2-13,16,18H,14-15H2,1H3,(H,32,34). The minimum Gasteiger partial charge on any atom is -0.495 e. The van der Waals surface area contributed by atoms with Crippen molar-refractivity contribution in [1.29, 1.82) is 5.26 Å². The van der Waals surface area contributed by atoms with Crippen LogP contribution in [0.15, 0.2) is 85.1 Å². The number of nitrogens with one attached hydrogen (secondary N) is 1. The molecule has 0 unspecified atom stereocenters. The number of ether oxygens (including phenoxy) is 1. The number of carbonyl (C=O) groups excluding carboxylic acids is 1. The van der Waals surface area contributed by atoms with Gasteiger partial charge in [-0.3, -0.25) is 4.79 Å². The van der Waals surface area contributed by atoms with Crippen LogP contribution in [0.25, 0.3) is 16.8 Å². The van der Waals surface area contributed by atoms with Crippen LogP contribution in [-0.2, 0) is 17.6 Å². The maximum absolute atomic E-state index is 13.1. The molecule has 0 fully saturated rings. The van der Waals surface area contributed by atoms with Crippen molar-refractivity contribution in [2.24, 2.45) is 0 Å². The fraction of sp³-hybridized carbons (Fsp3) is 0.103. The van der Waals surface area contributed by atoms with Gasteiger partial charge in [-0.1, -0.05) is 36.4 Å². The van der Waals surface area contributed by atoms with Gasteiger partial charge in [-0.2, -0.15) is 10.2 Å². The van der Waals surface area contributed by atoms with Gasteiger partial charge in [0.05, 0.1) is 24.4 Å². The maximum atomic E-state index is 13.1. The molecule has 0 atom stereocenters. The molecule has 0 amide bonds. The van der Waals surface area contributed by atoms with E-state index in [1.165, 1.54) is 19.2 Å². The highest BCUT2D eigenvalue weighted by molar-refractivity contribution is 5.83. The summed E-state index contributed by atoms with van der Waals surface area (Å²) >= 11 is 0. The second-order valence-electron chi connectivity index (χ2n) is 8.52. The number of hydrogen-bond donors (Lipinski definition) is 1. The maximum Gasteiger partial charge on any atom is 0.247 e. The number of pyridine rings is 1. The van der Waals surface area contributed by atoms with Gasteiger partial charge >= 0.3 is 0 Å². The Hall–Kier alpha value is -5.03. The fourth-order valence-electron chi connectivity index (χ4n) is 4.03. The molecule has 5 rings (SSSR count). The van der Waals surface area contributed by atoms with Crippen molar-refractivity contribution in [3.05, 3.63) is 108 Å². The second-order valence-corrected chi connectivity index (χ2v) is 8.52. The van der Waals surface area contributed by atoms with Gasteiger partial charge in [0.15, 0.2) is 5.65 Å². The van der Waals surface area contributed by atoms with Gasteiger partial charge in [0, 0.05) is 30.7 Å². The Morgan fingerprint density at radius 1 is 0.973 bits per heavy atom. The summed E-state index contributed by atoms with van der Waals surface area (Å²) in [7, 11) is 1.54.